The van der Waals surface area contributed by atoms with Crippen LogP contribution in [0.25, 0.3) is 0 Å². The monoisotopic (exact) mass is 343 g/mol. The zero-order valence-electron chi connectivity index (χ0n) is 13.6. The molecule has 1 fully saturated rings. The summed E-state index contributed by atoms with van der Waals surface area (Å²) in [6.07, 6.45) is 6.18. The van der Waals surface area contributed by atoms with Crippen LogP contribution in [0.1, 0.15) is 24.8 Å². The van der Waals surface area contributed by atoms with Crippen LogP contribution in [0.2, 0.25) is 0 Å². The number of nitrogens with zero attached hydrogens (tertiary/aromatic N) is 4. The number of halogens is 1. The first-order chi connectivity index (χ1) is 12.1. The van der Waals surface area contributed by atoms with E-state index in [0.717, 1.165) is 25.9 Å². The summed E-state index contributed by atoms with van der Waals surface area (Å²) in [6, 6.07) is 7.72. The van der Waals surface area contributed by atoms with Gasteiger partial charge in [-0.25, -0.2) is 9.37 Å². The Morgan fingerprint density at radius 1 is 1.28 bits per heavy atom. The Hall–Kier alpha value is -3.03. The topological polar surface area (TPSA) is 83.7 Å². The van der Waals surface area contributed by atoms with E-state index in [0.29, 0.717) is 11.3 Å². The lowest BCUT2D eigenvalue weighted by Gasteiger charge is -2.29. The van der Waals surface area contributed by atoms with E-state index in [4.69, 9.17) is 0 Å². The third-order valence-electron chi connectivity index (χ3n) is 4.04. The molecule has 0 amide bonds. The van der Waals surface area contributed by atoms with Crippen molar-refractivity contribution in [3.8, 4) is 0 Å². The second kappa shape index (κ2) is 7.69. The normalized spacial score (nSPS) is 14.7. The lowest BCUT2D eigenvalue weighted by Crippen LogP contribution is -2.30. The summed E-state index contributed by atoms with van der Waals surface area (Å²) in [5.41, 5.74) is 3.51. The molecule has 2 aromatic rings. The summed E-state index contributed by atoms with van der Waals surface area (Å²) in [5.74, 6) is -0.260. The predicted octanol–water partition coefficient (Wildman–Crippen LogP) is 3.57. The van der Waals surface area contributed by atoms with E-state index in [9.17, 15) is 14.5 Å². The molecule has 0 radical (unpaired) electrons. The Kier molecular flexibility index (Phi) is 5.17. The van der Waals surface area contributed by atoms with Gasteiger partial charge in [0.2, 0.25) is 5.82 Å². The quantitative estimate of drug-likeness (QED) is 0.510. The molecule has 0 saturated carbocycles. The first-order valence-electron chi connectivity index (χ1n) is 8.08. The third-order valence-corrected chi connectivity index (χ3v) is 4.04. The average Bonchev–Trinajstić information content (AvgIpc) is 2.63. The molecule has 25 heavy (non-hydrogen) atoms. The Bertz CT molecular complexity index is 790. The molecule has 1 aliphatic rings. The third kappa shape index (κ3) is 4.09. The van der Waals surface area contributed by atoms with Crippen molar-refractivity contribution >= 4 is 23.4 Å². The maximum absolute atomic E-state index is 14.3. The van der Waals surface area contributed by atoms with Crippen LogP contribution in [0.3, 0.4) is 0 Å². The van der Waals surface area contributed by atoms with Gasteiger partial charge in [-0.15, -0.1) is 0 Å². The molecule has 8 heteroatoms. The molecule has 0 spiro atoms. The van der Waals surface area contributed by atoms with Gasteiger partial charge in [-0.3, -0.25) is 15.5 Å². The molecule has 0 bridgehead atoms. The van der Waals surface area contributed by atoms with Crippen LogP contribution in [-0.2, 0) is 0 Å². The lowest BCUT2D eigenvalue weighted by atomic mass is 10.1. The molecule has 3 rings (SSSR count). The van der Waals surface area contributed by atoms with Gasteiger partial charge < -0.3 is 4.90 Å². The second-order valence-electron chi connectivity index (χ2n) is 5.76. The van der Waals surface area contributed by atoms with Crippen LogP contribution in [-0.4, -0.2) is 29.2 Å². The maximum Gasteiger partial charge on any atom is 0.313 e. The van der Waals surface area contributed by atoms with E-state index in [1.165, 1.54) is 37.0 Å². The molecule has 7 nitrogen and oxygen atoms in total. The zero-order valence-corrected chi connectivity index (χ0v) is 13.6. The van der Waals surface area contributed by atoms with Crippen molar-refractivity contribution in [3.63, 3.8) is 0 Å². The first-order valence-corrected chi connectivity index (χ1v) is 8.08. The number of rotatable bonds is 5. The molecule has 1 aliphatic heterocycles. The molecule has 0 unspecified atom stereocenters. The minimum Gasteiger partial charge on any atom is -0.369 e. The summed E-state index contributed by atoms with van der Waals surface area (Å²) in [7, 11) is 0. The molecule has 1 aromatic heterocycles. The average molecular weight is 343 g/mol. The van der Waals surface area contributed by atoms with Gasteiger partial charge >= 0.3 is 5.69 Å². The lowest BCUT2D eigenvalue weighted by molar-refractivity contribution is -0.384. The number of pyridine rings is 1. The molecule has 1 saturated heterocycles. The van der Waals surface area contributed by atoms with E-state index >= 15 is 0 Å². The maximum atomic E-state index is 14.3. The fraction of sp³-hybridized carbons (Fsp3) is 0.294. The Morgan fingerprint density at radius 2 is 2.08 bits per heavy atom. The number of piperidine rings is 1. The molecular weight excluding hydrogens is 325 g/mol. The minimum atomic E-state index is -0.544. The zero-order chi connectivity index (χ0) is 17.6. The highest BCUT2D eigenvalue weighted by Gasteiger charge is 2.15. The van der Waals surface area contributed by atoms with Crippen molar-refractivity contribution in [2.45, 2.75) is 19.3 Å². The Labute approximate surface area is 144 Å². The highest BCUT2D eigenvalue weighted by Crippen LogP contribution is 2.24. The van der Waals surface area contributed by atoms with Crippen molar-refractivity contribution in [1.82, 2.24) is 4.98 Å². The molecule has 1 aromatic carbocycles. The number of hydrazone groups is 1. The van der Waals surface area contributed by atoms with E-state index in [-0.39, 0.29) is 17.3 Å². The molecular formula is C17H18FN5O2. The number of hydrogen-bond donors (Lipinski definition) is 1. The molecule has 2 heterocycles. The van der Waals surface area contributed by atoms with Gasteiger partial charge in [0.1, 0.15) is 5.82 Å². The van der Waals surface area contributed by atoms with Crippen molar-refractivity contribution in [2.24, 2.45) is 5.10 Å². The molecule has 0 aliphatic carbocycles. The fourth-order valence-corrected chi connectivity index (χ4v) is 2.79. The van der Waals surface area contributed by atoms with E-state index in [2.05, 4.69) is 20.4 Å². The summed E-state index contributed by atoms with van der Waals surface area (Å²) >= 11 is 0. The van der Waals surface area contributed by atoms with Gasteiger partial charge in [0, 0.05) is 25.4 Å². The van der Waals surface area contributed by atoms with Crippen molar-refractivity contribution in [2.75, 3.05) is 23.4 Å². The minimum absolute atomic E-state index is 0.0363. The fourth-order valence-electron chi connectivity index (χ4n) is 2.79. The summed E-state index contributed by atoms with van der Waals surface area (Å²) in [5, 5.41) is 14.8. The molecule has 1 N–H and O–H groups in total. The van der Waals surface area contributed by atoms with Crippen molar-refractivity contribution in [3.05, 3.63) is 58.0 Å². The van der Waals surface area contributed by atoms with Gasteiger partial charge in [-0.2, -0.15) is 5.10 Å². The number of hydrogen-bond acceptors (Lipinski definition) is 6. The van der Waals surface area contributed by atoms with Crippen LogP contribution in [0, 0.1) is 15.9 Å². The van der Waals surface area contributed by atoms with Crippen molar-refractivity contribution < 1.29 is 9.31 Å². The van der Waals surface area contributed by atoms with E-state index in [1.54, 1.807) is 12.1 Å². The van der Waals surface area contributed by atoms with E-state index < -0.39 is 4.92 Å². The van der Waals surface area contributed by atoms with Crippen LogP contribution in [0.15, 0.2) is 41.6 Å². The Morgan fingerprint density at radius 3 is 2.80 bits per heavy atom. The second-order valence-corrected chi connectivity index (χ2v) is 5.76. The Balaban J connectivity index is 1.70. The largest absolute Gasteiger partial charge is 0.369 e. The standard InChI is InChI=1S/C17H18FN5O2/c18-14-11-13(6-7-15(14)22-9-2-1-3-10-22)12-20-21-17-16(23(24)25)5-4-8-19-17/h4-8,11-12H,1-3,9-10H2,(H,19,21)/b20-12-. The predicted molar refractivity (Wildman–Crippen MR) is 94.6 cm³/mol. The summed E-state index contributed by atoms with van der Waals surface area (Å²) in [6.45, 7) is 1.74. The summed E-state index contributed by atoms with van der Waals surface area (Å²) < 4.78 is 14.3. The first kappa shape index (κ1) is 16.8. The number of nitrogens with one attached hydrogen (secondary N) is 1. The van der Waals surface area contributed by atoms with Crippen LogP contribution in [0.4, 0.5) is 21.6 Å². The summed E-state index contributed by atoms with van der Waals surface area (Å²) in [4.78, 5) is 16.3. The number of benzene rings is 1. The smallest absolute Gasteiger partial charge is 0.313 e. The highest BCUT2D eigenvalue weighted by atomic mass is 19.1. The van der Waals surface area contributed by atoms with Gasteiger partial charge in [-0.1, -0.05) is 6.07 Å². The van der Waals surface area contributed by atoms with E-state index in [1.807, 2.05) is 0 Å². The van der Waals surface area contributed by atoms with Crippen molar-refractivity contribution in [1.29, 1.82) is 0 Å². The van der Waals surface area contributed by atoms with Gasteiger partial charge in [-0.05, 0) is 43.0 Å². The van der Waals surface area contributed by atoms with Crippen LogP contribution >= 0.6 is 0 Å². The molecule has 0 atom stereocenters. The van der Waals surface area contributed by atoms with Crippen LogP contribution < -0.4 is 10.3 Å². The SMILES string of the molecule is O=[N+]([O-])c1cccnc1N/N=C\c1ccc(N2CCCCC2)c(F)c1. The van der Waals surface area contributed by atoms with Crippen LogP contribution in [0.5, 0.6) is 0 Å². The molecule has 130 valence electrons. The van der Waals surface area contributed by atoms with Gasteiger partial charge in [0.15, 0.2) is 0 Å². The number of nitro groups is 1. The van der Waals surface area contributed by atoms with Gasteiger partial charge in [0.05, 0.1) is 16.8 Å². The highest BCUT2D eigenvalue weighted by molar-refractivity contribution is 5.81. The van der Waals surface area contributed by atoms with Gasteiger partial charge in [0.25, 0.3) is 0 Å². The number of aromatic nitrogens is 1. The number of anilines is 2.